The summed E-state index contributed by atoms with van der Waals surface area (Å²) >= 11 is 0. The monoisotopic (exact) mass is 335 g/mol. The molecule has 130 valence electrons. The number of hydrogen-bond donors (Lipinski definition) is 2. The Kier molecular flexibility index (Phi) is 6.60. The molecule has 1 aromatic carbocycles. The van der Waals surface area contributed by atoms with E-state index in [1.807, 2.05) is 0 Å². The first kappa shape index (κ1) is 17.8. The van der Waals surface area contributed by atoms with Gasteiger partial charge in [-0.25, -0.2) is 14.0 Å². The first-order valence-corrected chi connectivity index (χ1v) is 7.99. The maximum Gasteiger partial charge on any atom is 0.409 e. The third-order valence-electron chi connectivity index (χ3n) is 3.70. The average Bonchev–Trinajstić information content (AvgIpc) is 2.56. The number of amides is 3. The molecule has 0 aliphatic carbocycles. The highest BCUT2D eigenvalue weighted by Gasteiger charge is 2.24. The summed E-state index contributed by atoms with van der Waals surface area (Å²) in [6.45, 7) is 3.25. The van der Waals surface area contributed by atoms with Gasteiger partial charge in [-0.3, -0.25) is 0 Å². The summed E-state index contributed by atoms with van der Waals surface area (Å²) in [5.74, 6) is -0.324. The van der Waals surface area contributed by atoms with E-state index in [-0.39, 0.29) is 24.0 Å². The summed E-state index contributed by atoms with van der Waals surface area (Å²) in [6, 6.07) is 5.77. The number of benzene rings is 1. The van der Waals surface area contributed by atoms with Crippen LogP contribution in [0.1, 0.15) is 25.3 Å². The molecule has 0 bridgehead atoms. The van der Waals surface area contributed by atoms with Gasteiger partial charge in [0.25, 0.3) is 0 Å². The van der Waals surface area contributed by atoms with E-state index in [4.69, 9.17) is 4.74 Å². The second kappa shape index (κ2) is 8.90. The average molecular weight is 335 g/mol. The number of halogens is 1. The summed E-state index contributed by atoms with van der Waals surface area (Å²) in [5.41, 5.74) is 0.665. The second-order valence-corrected chi connectivity index (χ2v) is 5.47. The van der Waals surface area contributed by atoms with Crippen LogP contribution in [-0.2, 0) is 4.74 Å². The number of ether oxygens (including phenoxy) is 1. The lowest BCUT2D eigenvalue weighted by Gasteiger charge is -2.31. The van der Waals surface area contributed by atoms with E-state index in [0.29, 0.717) is 38.1 Å². The molecule has 0 spiro atoms. The van der Waals surface area contributed by atoms with Crippen molar-refractivity contribution in [2.24, 2.45) is 0 Å². The summed E-state index contributed by atoms with van der Waals surface area (Å²) < 4.78 is 18.0. The fourth-order valence-corrected chi connectivity index (χ4v) is 2.47. The van der Waals surface area contributed by atoms with Gasteiger partial charge in [0.15, 0.2) is 0 Å². The number of carbonyl (C=O) groups excluding carboxylic acids is 2. The lowest BCUT2D eigenvalue weighted by atomic mass is 10.1. The van der Waals surface area contributed by atoms with E-state index < -0.39 is 0 Å². The van der Waals surface area contributed by atoms with Crippen molar-refractivity contribution in [3.05, 3.63) is 41.8 Å². The van der Waals surface area contributed by atoms with Crippen LogP contribution in [0.4, 0.5) is 14.0 Å². The number of nitrogens with zero attached hydrogens (tertiary/aromatic N) is 1. The van der Waals surface area contributed by atoms with Crippen LogP contribution in [-0.4, -0.2) is 42.8 Å². The first-order chi connectivity index (χ1) is 11.6. The molecule has 1 aliphatic heterocycles. The predicted octanol–water partition coefficient (Wildman–Crippen LogP) is 2.72. The molecule has 1 saturated heterocycles. The standard InChI is InChI=1S/C17H22FN3O3/c1-2-24-17(23)21-10-7-15(8-11-21)20-16(22)19-9-6-13-4-3-5-14(18)12-13/h3-6,9,12,15H,2,7-8,10-11H2,1H3,(H2,19,20,22)/b9-6+. The molecule has 6 nitrogen and oxygen atoms in total. The molecule has 0 unspecified atom stereocenters. The number of carbonyl (C=O) groups is 2. The van der Waals surface area contributed by atoms with Crippen molar-refractivity contribution in [2.45, 2.75) is 25.8 Å². The van der Waals surface area contributed by atoms with E-state index in [1.54, 1.807) is 30.0 Å². The Morgan fingerprint density at radius 3 is 2.79 bits per heavy atom. The molecule has 7 heteroatoms. The normalized spacial score (nSPS) is 15.3. The van der Waals surface area contributed by atoms with Gasteiger partial charge < -0.3 is 20.3 Å². The van der Waals surface area contributed by atoms with Crippen molar-refractivity contribution in [1.29, 1.82) is 0 Å². The molecular weight excluding hydrogens is 313 g/mol. The zero-order valence-electron chi connectivity index (χ0n) is 13.6. The number of hydrogen-bond acceptors (Lipinski definition) is 3. The van der Waals surface area contributed by atoms with E-state index in [9.17, 15) is 14.0 Å². The topological polar surface area (TPSA) is 70.7 Å². The van der Waals surface area contributed by atoms with Gasteiger partial charge in [0, 0.05) is 25.3 Å². The van der Waals surface area contributed by atoms with E-state index in [1.165, 1.54) is 18.3 Å². The third kappa shape index (κ3) is 5.57. The second-order valence-electron chi connectivity index (χ2n) is 5.47. The Labute approximate surface area is 140 Å². The van der Waals surface area contributed by atoms with Crippen LogP contribution in [0.15, 0.2) is 30.5 Å². The van der Waals surface area contributed by atoms with Crippen molar-refractivity contribution in [3.63, 3.8) is 0 Å². The molecule has 1 aliphatic rings. The lowest BCUT2D eigenvalue weighted by molar-refractivity contribution is 0.0958. The molecule has 3 amide bonds. The Hall–Kier alpha value is -2.57. The fraction of sp³-hybridized carbons (Fsp3) is 0.412. The minimum absolute atomic E-state index is 0.0123. The Balaban J connectivity index is 1.71. The minimum Gasteiger partial charge on any atom is -0.450 e. The SMILES string of the molecule is CCOC(=O)N1CCC(NC(=O)N/C=C/c2cccc(F)c2)CC1. The highest BCUT2D eigenvalue weighted by atomic mass is 19.1. The fourth-order valence-electron chi connectivity index (χ4n) is 2.47. The summed E-state index contributed by atoms with van der Waals surface area (Å²) in [5, 5.41) is 5.45. The predicted molar refractivity (Wildman–Crippen MR) is 88.7 cm³/mol. The van der Waals surface area contributed by atoms with E-state index in [0.717, 1.165) is 0 Å². The molecule has 0 saturated carbocycles. The summed E-state index contributed by atoms with van der Waals surface area (Å²) in [6.07, 6.45) is 4.14. The van der Waals surface area contributed by atoms with Crippen molar-refractivity contribution in [1.82, 2.24) is 15.5 Å². The first-order valence-electron chi connectivity index (χ1n) is 7.99. The van der Waals surface area contributed by atoms with Gasteiger partial charge in [-0.15, -0.1) is 0 Å². The number of urea groups is 1. The smallest absolute Gasteiger partial charge is 0.409 e. The van der Waals surface area contributed by atoms with Gasteiger partial charge >= 0.3 is 12.1 Å². The number of piperidine rings is 1. The summed E-state index contributed by atoms with van der Waals surface area (Å²) in [7, 11) is 0. The highest BCUT2D eigenvalue weighted by Crippen LogP contribution is 2.11. The van der Waals surface area contributed by atoms with Crippen LogP contribution < -0.4 is 10.6 Å². The van der Waals surface area contributed by atoms with Gasteiger partial charge in [0.2, 0.25) is 0 Å². The van der Waals surface area contributed by atoms with Crippen LogP contribution in [0.3, 0.4) is 0 Å². The molecule has 1 aromatic rings. The maximum atomic E-state index is 13.0. The van der Waals surface area contributed by atoms with E-state index in [2.05, 4.69) is 10.6 Å². The van der Waals surface area contributed by atoms with Crippen molar-refractivity contribution in [2.75, 3.05) is 19.7 Å². The van der Waals surface area contributed by atoms with Gasteiger partial charge in [-0.1, -0.05) is 12.1 Å². The molecule has 2 rings (SSSR count). The van der Waals surface area contributed by atoms with Crippen molar-refractivity contribution < 1.29 is 18.7 Å². The van der Waals surface area contributed by atoms with Crippen LogP contribution in [0.5, 0.6) is 0 Å². The molecule has 24 heavy (non-hydrogen) atoms. The van der Waals surface area contributed by atoms with Gasteiger partial charge in [-0.2, -0.15) is 0 Å². The van der Waals surface area contributed by atoms with Crippen LogP contribution in [0.2, 0.25) is 0 Å². The van der Waals surface area contributed by atoms with Crippen LogP contribution >= 0.6 is 0 Å². The maximum absolute atomic E-state index is 13.0. The Morgan fingerprint density at radius 1 is 1.38 bits per heavy atom. The number of nitrogens with one attached hydrogen (secondary N) is 2. The summed E-state index contributed by atoms with van der Waals surface area (Å²) in [4.78, 5) is 25.1. The highest BCUT2D eigenvalue weighted by molar-refractivity contribution is 5.76. The molecule has 0 atom stereocenters. The van der Waals surface area contributed by atoms with Crippen molar-refractivity contribution in [3.8, 4) is 0 Å². The van der Waals surface area contributed by atoms with E-state index >= 15 is 0 Å². The van der Waals surface area contributed by atoms with Gasteiger partial charge in [-0.05, 0) is 43.5 Å². The zero-order chi connectivity index (χ0) is 17.4. The number of rotatable bonds is 4. The Morgan fingerprint density at radius 2 is 2.12 bits per heavy atom. The van der Waals surface area contributed by atoms with Crippen molar-refractivity contribution >= 4 is 18.2 Å². The van der Waals surface area contributed by atoms with Gasteiger partial charge in [0.05, 0.1) is 6.61 Å². The number of likely N-dealkylation sites (tertiary alicyclic amines) is 1. The lowest BCUT2D eigenvalue weighted by Crippen LogP contribution is -2.48. The van der Waals surface area contributed by atoms with Crippen LogP contribution in [0.25, 0.3) is 6.08 Å². The Bertz CT molecular complexity index is 598. The third-order valence-corrected chi connectivity index (χ3v) is 3.70. The molecule has 1 heterocycles. The molecule has 1 fully saturated rings. The van der Waals surface area contributed by atoms with Crippen LogP contribution in [0, 0.1) is 5.82 Å². The van der Waals surface area contributed by atoms with Gasteiger partial charge in [0.1, 0.15) is 5.82 Å². The zero-order valence-corrected chi connectivity index (χ0v) is 13.6. The molecule has 0 radical (unpaired) electrons. The molecular formula is C17H22FN3O3. The largest absolute Gasteiger partial charge is 0.450 e. The molecule has 2 N–H and O–H groups in total. The minimum atomic E-state index is -0.324. The molecule has 0 aromatic heterocycles. The quantitative estimate of drug-likeness (QED) is 0.889.